The molecule has 0 radical (unpaired) electrons. The normalized spacial score (nSPS) is 14.3. The Kier molecular flexibility index (Phi) is 8.37. The summed E-state index contributed by atoms with van der Waals surface area (Å²) in [5.74, 6) is -0.947. The highest BCUT2D eigenvalue weighted by atomic mass is 35.5. The first-order valence-electron chi connectivity index (χ1n) is 10.9. The first-order valence-corrected chi connectivity index (χ1v) is 11.6. The van der Waals surface area contributed by atoms with Crippen molar-refractivity contribution in [2.24, 2.45) is 5.92 Å². The minimum atomic E-state index is -0.377. The van der Waals surface area contributed by atoms with Gasteiger partial charge in [0.2, 0.25) is 5.91 Å². The van der Waals surface area contributed by atoms with E-state index in [-0.39, 0.29) is 41.0 Å². The van der Waals surface area contributed by atoms with Crippen LogP contribution < -0.4 is 0 Å². The van der Waals surface area contributed by atoms with E-state index in [1.807, 2.05) is 18.2 Å². The number of carbonyl (C=O) groups excluding carboxylic acids is 3. The van der Waals surface area contributed by atoms with Crippen LogP contribution in [0.5, 0.6) is 0 Å². The molecule has 10 heteroatoms. The molecule has 33 heavy (non-hydrogen) atoms. The molecule has 2 heterocycles. The highest BCUT2D eigenvalue weighted by Gasteiger charge is 2.30. The Hall–Kier alpha value is -2.58. The number of hydrogen-bond donors (Lipinski definition) is 0. The van der Waals surface area contributed by atoms with Crippen LogP contribution in [0.25, 0.3) is 0 Å². The third-order valence-corrected chi connectivity index (χ3v) is 6.50. The van der Waals surface area contributed by atoms with E-state index in [9.17, 15) is 14.4 Å². The number of amides is 2. The van der Waals surface area contributed by atoms with Crippen molar-refractivity contribution in [3.63, 3.8) is 0 Å². The second-order valence-electron chi connectivity index (χ2n) is 8.07. The van der Waals surface area contributed by atoms with Crippen LogP contribution in [0.4, 0.5) is 0 Å². The fourth-order valence-corrected chi connectivity index (χ4v) is 4.39. The smallest absolute Gasteiger partial charge is 0.309 e. The van der Waals surface area contributed by atoms with Gasteiger partial charge in [-0.3, -0.25) is 14.4 Å². The number of halogens is 2. The van der Waals surface area contributed by atoms with E-state index >= 15 is 0 Å². The van der Waals surface area contributed by atoms with Gasteiger partial charge in [-0.25, -0.2) is 4.68 Å². The maximum Gasteiger partial charge on any atom is 0.309 e. The number of aromatic nitrogens is 2. The monoisotopic (exact) mass is 494 g/mol. The molecule has 1 fully saturated rings. The van der Waals surface area contributed by atoms with E-state index in [2.05, 4.69) is 5.10 Å². The molecule has 8 nitrogen and oxygen atoms in total. The van der Waals surface area contributed by atoms with Crippen molar-refractivity contribution in [2.75, 3.05) is 33.3 Å². The molecule has 0 N–H and O–H groups in total. The molecule has 0 spiro atoms. The van der Waals surface area contributed by atoms with Crippen LogP contribution >= 0.6 is 23.2 Å². The lowest BCUT2D eigenvalue weighted by molar-refractivity contribution is -0.151. The van der Waals surface area contributed by atoms with Crippen LogP contribution in [-0.4, -0.2) is 70.7 Å². The molecule has 3 rings (SSSR count). The van der Waals surface area contributed by atoms with Crippen LogP contribution in [0.2, 0.25) is 10.2 Å². The first-order chi connectivity index (χ1) is 15.7. The number of aryl methyl sites for hydroxylation is 1. The molecular weight excluding hydrogens is 467 g/mol. The molecule has 2 amide bonds. The summed E-state index contributed by atoms with van der Waals surface area (Å²) in [5.41, 5.74) is 1.57. The Morgan fingerprint density at radius 1 is 1.18 bits per heavy atom. The lowest BCUT2D eigenvalue weighted by Gasteiger charge is -2.32. The molecule has 1 aliphatic rings. The lowest BCUT2D eigenvalue weighted by atomic mass is 9.97. The molecule has 1 saturated heterocycles. The van der Waals surface area contributed by atoms with Crippen molar-refractivity contribution in [1.82, 2.24) is 19.6 Å². The quantitative estimate of drug-likeness (QED) is 0.550. The zero-order valence-corrected chi connectivity index (χ0v) is 20.5. The summed E-state index contributed by atoms with van der Waals surface area (Å²) in [5, 5.41) is 5.19. The van der Waals surface area contributed by atoms with Gasteiger partial charge in [0.1, 0.15) is 5.15 Å². The average Bonchev–Trinajstić information content (AvgIpc) is 3.07. The van der Waals surface area contributed by atoms with Gasteiger partial charge in [0.15, 0.2) is 0 Å². The number of piperidine rings is 1. The van der Waals surface area contributed by atoms with E-state index in [0.29, 0.717) is 49.8 Å². The van der Waals surface area contributed by atoms with E-state index in [4.69, 9.17) is 27.9 Å². The Labute approximate surface area is 203 Å². The fraction of sp³-hybridized carbons (Fsp3) is 0.478. The van der Waals surface area contributed by atoms with E-state index < -0.39 is 0 Å². The highest BCUT2D eigenvalue weighted by Crippen LogP contribution is 2.25. The minimum Gasteiger partial charge on any atom is -0.466 e. The summed E-state index contributed by atoms with van der Waals surface area (Å²) in [6, 6.07) is 7.35. The van der Waals surface area contributed by atoms with Crippen molar-refractivity contribution < 1.29 is 19.1 Å². The van der Waals surface area contributed by atoms with Gasteiger partial charge in [-0.05, 0) is 38.3 Å². The van der Waals surface area contributed by atoms with Gasteiger partial charge in [-0.15, -0.1) is 0 Å². The number of likely N-dealkylation sites (N-methyl/N-ethyl adjacent to an activating group) is 1. The van der Waals surface area contributed by atoms with Gasteiger partial charge < -0.3 is 14.5 Å². The highest BCUT2D eigenvalue weighted by molar-refractivity contribution is 6.33. The summed E-state index contributed by atoms with van der Waals surface area (Å²) in [4.78, 5) is 40.7. The van der Waals surface area contributed by atoms with Crippen LogP contribution in [0.3, 0.4) is 0 Å². The summed E-state index contributed by atoms with van der Waals surface area (Å²) in [7, 11) is 1.56. The van der Waals surface area contributed by atoms with E-state index in [1.54, 1.807) is 31.9 Å². The van der Waals surface area contributed by atoms with Crippen LogP contribution in [0, 0.1) is 12.8 Å². The molecule has 1 aromatic carbocycles. The number of carbonyl (C=O) groups is 3. The zero-order valence-electron chi connectivity index (χ0n) is 19.0. The molecule has 2 aromatic rings. The predicted octanol–water partition coefficient (Wildman–Crippen LogP) is 3.42. The first kappa shape index (κ1) is 25.1. The average molecular weight is 495 g/mol. The molecule has 1 aromatic heterocycles. The van der Waals surface area contributed by atoms with Gasteiger partial charge in [0, 0.05) is 25.2 Å². The van der Waals surface area contributed by atoms with Gasteiger partial charge in [-0.2, -0.15) is 5.10 Å². The predicted molar refractivity (Wildman–Crippen MR) is 125 cm³/mol. The Morgan fingerprint density at radius 3 is 2.48 bits per heavy atom. The second kappa shape index (κ2) is 11.0. The largest absolute Gasteiger partial charge is 0.466 e. The number of likely N-dealkylation sites (tertiary alicyclic amines) is 1. The van der Waals surface area contributed by atoms with Crippen LogP contribution in [0.1, 0.15) is 41.4 Å². The molecule has 0 atom stereocenters. The molecule has 0 bridgehead atoms. The molecule has 0 unspecified atom stereocenters. The Bertz CT molecular complexity index is 1030. The van der Waals surface area contributed by atoms with Gasteiger partial charge >= 0.3 is 5.97 Å². The standard InChI is InChI=1S/C23H28Cl2N4O4/c1-4-33-23(32)16-9-11-28(12-10-16)19(30)14-27(3)22(31)20-15(2)26-29(21(20)25)13-17-7-5-6-8-18(17)24/h5-8,16H,4,9-14H2,1-3H3. The number of hydrogen-bond acceptors (Lipinski definition) is 5. The van der Waals surface area contributed by atoms with Crippen molar-refractivity contribution >= 4 is 41.0 Å². The van der Waals surface area contributed by atoms with Gasteiger partial charge in [0.25, 0.3) is 5.91 Å². The van der Waals surface area contributed by atoms with E-state index in [1.165, 1.54) is 9.58 Å². The Morgan fingerprint density at radius 2 is 1.85 bits per heavy atom. The number of esters is 1. The maximum atomic E-state index is 13.1. The van der Waals surface area contributed by atoms with Crippen LogP contribution in [-0.2, 0) is 20.9 Å². The number of rotatable bonds is 7. The fourth-order valence-electron chi connectivity index (χ4n) is 3.88. The van der Waals surface area contributed by atoms with Gasteiger partial charge in [0.05, 0.1) is 36.9 Å². The van der Waals surface area contributed by atoms with Crippen molar-refractivity contribution in [3.8, 4) is 0 Å². The zero-order chi connectivity index (χ0) is 24.1. The van der Waals surface area contributed by atoms with Crippen molar-refractivity contribution in [2.45, 2.75) is 33.2 Å². The Balaban J connectivity index is 1.62. The van der Waals surface area contributed by atoms with E-state index in [0.717, 1.165) is 5.56 Å². The summed E-state index contributed by atoms with van der Waals surface area (Å²) in [6.45, 7) is 4.98. The number of benzene rings is 1. The third-order valence-electron chi connectivity index (χ3n) is 5.74. The summed E-state index contributed by atoms with van der Waals surface area (Å²) < 4.78 is 6.60. The minimum absolute atomic E-state index is 0.0889. The second-order valence-corrected chi connectivity index (χ2v) is 8.83. The van der Waals surface area contributed by atoms with Crippen molar-refractivity contribution in [3.05, 3.63) is 51.3 Å². The molecule has 0 saturated carbocycles. The molecule has 178 valence electrons. The number of nitrogens with zero attached hydrogens (tertiary/aromatic N) is 4. The maximum absolute atomic E-state index is 13.1. The molecule has 1 aliphatic heterocycles. The third kappa shape index (κ3) is 5.86. The summed E-state index contributed by atoms with van der Waals surface area (Å²) >= 11 is 12.7. The SMILES string of the molecule is CCOC(=O)C1CCN(C(=O)CN(C)C(=O)c2c(C)nn(Cc3ccccc3Cl)c2Cl)CC1. The topological polar surface area (TPSA) is 84.7 Å². The molecule has 0 aliphatic carbocycles. The summed E-state index contributed by atoms with van der Waals surface area (Å²) in [6.07, 6.45) is 1.12. The van der Waals surface area contributed by atoms with Crippen LogP contribution in [0.15, 0.2) is 24.3 Å². The van der Waals surface area contributed by atoms with Gasteiger partial charge in [-0.1, -0.05) is 41.4 Å². The number of ether oxygens (including phenoxy) is 1. The molecular formula is C23H28Cl2N4O4. The van der Waals surface area contributed by atoms with Crippen molar-refractivity contribution in [1.29, 1.82) is 0 Å². The lowest BCUT2D eigenvalue weighted by Crippen LogP contribution is -2.45.